The predicted octanol–water partition coefficient (Wildman–Crippen LogP) is 2.86. The zero-order chi connectivity index (χ0) is 18.1. The first-order valence-electron chi connectivity index (χ1n) is 9.18. The first-order chi connectivity index (χ1) is 12.2. The Kier molecular flexibility index (Phi) is 10.7. The Labute approximate surface area is 174 Å². The van der Waals surface area contributed by atoms with Gasteiger partial charge in [-0.05, 0) is 44.0 Å². The van der Waals surface area contributed by atoms with Gasteiger partial charge >= 0.3 is 0 Å². The number of methoxy groups -OCH3 is 2. The van der Waals surface area contributed by atoms with Crippen LogP contribution in [0, 0.1) is 0 Å². The van der Waals surface area contributed by atoms with E-state index in [4.69, 9.17) is 9.47 Å². The van der Waals surface area contributed by atoms with Crippen molar-refractivity contribution in [3.05, 3.63) is 23.8 Å². The van der Waals surface area contributed by atoms with Crippen molar-refractivity contribution in [2.45, 2.75) is 39.3 Å². The number of nitrogens with one attached hydrogen (secondary N) is 2. The van der Waals surface area contributed by atoms with Crippen LogP contribution in [0.2, 0.25) is 0 Å². The standard InChI is InChI=1S/C19H32N4O2.HI/c1-5-20-19(21-11-12-23(6-2)16-8-9-16)22-14-15-7-10-17(24-3)18(13-15)25-4;/h7,10,13,16H,5-6,8-9,11-12,14H2,1-4H3,(H2,20,21,22);1H. The molecule has 1 aliphatic rings. The van der Waals surface area contributed by atoms with Crippen molar-refractivity contribution in [2.24, 2.45) is 4.99 Å². The van der Waals surface area contributed by atoms with E-state index in [9.17, 15) is 0 Å². The lowest BCUT2D eigenvalue weighted by Gasteiger charge is -2.20. The zero-order valence-electron chi connectivity index (χ0n) is 16.4. The first kappa shape index (κ1) is 22.8. The smallest absolute Gasteiger partial charge is 0.191 e. The molecule has 0 aromatic heterocycles. The highest BCUT2D eigenvalue weighted by Gasteiger charge is 2.27. The number of ether oxygens (including phenoxy) is 2. The van der Waals surface area contributed by atoms with Crippen molar-refractivity contribution in [1.82, 2.24) is 15.5 Å². The van der Waals surface area contributed by atoms with Crippen LogP contribution in [0.5, 0.6) is 11.5 Å². The van der Waals surface area contributed by atoms with Crippen molar-refractivity contribution in [1.29, 1.82) is 0 Å². The van der Waals surface area contributed by atoms with Crippen LogP contribution in [0.25, 0.3) is 0 Å². The number of hydrogen-bond acceptors (Lipinski definition) is 4. The monoisotopic (exact) mass is 476 g/mol. The molecule has 6 nitrogen and oxygen atoms in total. The summed E-state index contributed by atoms with van der Waals surface area (Å²) < 4.78 is 10.6. The van der Waals surface area contributed by atoms with E-state index in [1.54, 1.807) is 14.2 Å². The molecule has 0 spiro atoms. The van der Waals surface area contributed by atoms with Crippen LogP contribution in [0.3, 0.4) is 0 Å². The van der Waals surface area contributed by atoms with Crippen LogP contribution in [0.15, 0.2) is 23.2 Å². The van der Waals surface area contributed by atoms with E-state index in [1.807, 2.05) is 18.2 Å². The molecule has 0 bridgehead atoms. The molecule has 2 rings (SSSR count). The SMILES string of the molecule is CCNC(=NCc1ccc(OC)c(OC)c1)NCCN(CC)C1CC1.I. The summed E-state index contributed by atoms with van der Waals surface area (Å²) >= 11 is 0. The molecule has 1 aromatic carbocycles. The largest absolute Gasteiger partial charge is 0.493 e. The number of halogens is 1. The average Bonchev–Trinajstić information content (AvgIpc) is 3.47. The summed E-state index contributed by atoms with van der Waals surface area (Å²) in [5, 5.41) is 6.74. The second kappa shape index (κ2) is 12.2. The molecule has 1 saturated carbocycles. The van der Waals surface area contributed by atoms with Gasteiger partial charge in [0.05, 0.1) is 20.8 Å². The molecule has 0 amide bonds. The minimum atomic E-state index is 0. The maximum absolute atomic E-state index is 5.35. The fourth-order valence-corrected chi connectivity index (χ4v) is 2.85. The zero-order valence-corrected chi connectivity index (χ0v) is 18.7. The minimum absolute atomic E-state index is 0. The fraction of sp³-hybridized carbons (Fsp3) is 0.632. The third-order valence-electron chi connectivity index (χ3n) is 4.37. The van der Waals surface area contributed by atoms with Gasteiger partial charge in [-0.15, -0.1) is 24.0 Å². The van der Waals surface area contributed by atoms with E-state index in [2.05, 4.69) is 34.4 Å². The second-order valence-corrected chi connectivity index (χ2v) is 6.17. The van der Waals surface area contributed by atoms with Gasteiger partial charge in [-0.3, -0.25) is 4.90 Å². The number of nitrogens with zero attached hydrogens (tertiary/aromatic N) is 2. The lowest BCUT2D eigenvalue weighted by molar-refractivity contribution is 0.282. The Morgan fingerprint density at radius 2 is 1.88 bits per heavy atom. The van der Waals surface area contributed by atoms with Crippen molar-refractivity contribution < 1.29 is 9.47 Å². The van der Waals surface area contributed by atoms with E-state index in [-0.39, 0.29) is 24.0 Å². The van der Waals surface area contributed by atoms with Crippen LogP contribution >= 0.6 is 24.0 Å². The van der Waals surface area contributed by atoms with Gasteiger partial charge in [-0.2, -0.15) is 0 Å². The van der Waals surface area contributed by atoms with E-state index in [0.29, 0.717) is 6.54 Å². The highest BCUT2D eigenvalue weighted by Crippen LogP contribution is 2.28. The molecule has 26 heavy (non-hydrogen) atoms. The summed E-state index contributed by atoms with van der Waals surface area (Å²) in [6.07, 6.45) is 2.70. The molecule has 7 heteroatoms. The van der Waals surface area contributed by atoms with Gasteiger partial charge in [-0.25, -0.2) is 4.99 Å². The molecule has 1 aliphatic carbocycles. The van der Waals surface area contributed by atoms with Gasteiger partial charge < -0.3 is 20.1 Å². The molecule has 0 unspecified atom stereocenters. The number of hydrogen-bond donors (Lipinski definition) is 2. The van der Waals surface area contributed by atoms with Gasteiger partial charge in [0.1, 0.15) is 0 Å². The maximum atomic E-state index is 5.35. The number of guanidine groups is 1. The van der Waals surface area contributed by atoms with Crippen LogP contribution in [-0.4, -0.2) is 57.3 Å². The van der Waals surface area contributed by atoms with E-state index >= 15 is 0 Å². The Bertz CT molecular complexity index is 564. The first-order valence-corrected chi connectivity index (χ1v) is 9.18. The van der Waals surface area contributed by atoms with Gasteiger partial charge in [0.25, 0.3) is 0 Å². The van der Waals surface area contributed by atoms with Crippen molar-refractivity contribution in [3.63, 3.8) is 0 Å². The summed E-state index contributed by atoms with van der Waals surface area (Å²) in [6.45, 7) is 8.83. The highest BCUT2D eigenvalue weighted by atomic mass is 127. The van der Waals surface area contributed by atoms with Gasteiger partial charge in [0.15, 0.2) is 17.5 Å². The van der Waals surface area contributed by atoms with E-state index in [0.717, 1.165) is 55.2 Å². The Hall–Kier alpha value is -1.22. The molecule has 1 aromatic rings. The van der Waals surface area contributed by atoms with Crippen LogP contribution in [0.4, 0.5) is 0 Å². The molecule has 0 heterocycles. The number of aliphatic imine (C=N–C) groups is 1. The van der Waals surface area contributed by atoms with Gasteiger partial charge in [0, 0.05) is 25.7 Å². The molecule has 0 aliphatic heterocycles. The molecule has 2 N–H and O–H groups in total. The van der Waals surface area contributed by atoms with Crippen LogP contribution in [0.1, 0.15) is 32.3 Å². The fourth-order valence-electron chi connectivity index (χ4n) is 2.85. The van der Waals surface area contributed by atoms with Gasteiger partial charge in [0.2, 0.25) is 0 Å². The van der Waals surface area contributed by atoms with Gasteiger partial charge in [-0.1, -0.05) is 13.0 Å². The van der Waals surface area contributed by atoms with E-state index < -0.39 is 0 Å². The van der Waals surface area contributed by atoms with Crippen molar-refractivity contribution >= 4 is 29.9 Å². The molecular formula is C19H33IN4O2. The summed E-state index contributed by atoms with van der Waals surface area (Å²) in [6, 6.07) is 6.70. The Morgan fingerprint density at radius 1 is 1.15 bits per heavy atom. The number of rotatable bonds is 10. The Balaban J connectivity index is 0.00000338. The topological polar surface area (TPSA) is 58.1 Å². The second-order valence-electron chi connectivity index (χ2n) is 6.17. The molecular weight excluding hydrogens is 443 g/mol. The molecule has 0 radical (unpaired) electrons. The van der Waals surface area contributed by atoms with E-state index in [1.165, 1.54) is 12.8 Å². The Morgan fingerprint density at radius 3 is 2.46 bits per heavy atom. The predicted molar refractivity (Wildman–Crippen MR) is 118 cm³/mol. The molecule has 0 saturated heterocycles. The minimum Gasteiger partial charge on any atom is -0.493 e. The number of benzene rings is 1. The quantitative estimate of drug-likeness (QED) is 0.309. The van der Waals surface area contributed by atoms with Crippen LogP contribution in [-0.2, 0) is 6.54 Å². The summed E-state index contributed by atoms with van der Waals surface area (Å²) in [5.41, 5.74) is 1.09. The lowest BCUT2D eigenvalue weighted by atomic mass is 10.2. The molecule has 148 valence electrons. The highest BCUT2D eigenvalue weighted by molar-refractivity contribution is 14.0. The molecule has 1 fully saturated rings. The lowest BCUT2D eigenvalue weighted by Crippen LogP contribution is -2.42. The summed E-state index contributed by atoms with van der Waals surface area (Å²) in [7, 11) is 3.29. The van der Waals surface area contributed by atoms with Crippen molar-refractivity contribution in [2.75, 3.05) is 40.4 Å². The van der Waals surface area contributed by atoms with Crippen molar-refractivity contribution in [3.8, 4) is 11.5 Å². The summed E-state index contributed by atoms with van der Waals surface area (Å²) in [4.78, 5) is 7.21. The molecule has 0 atom stereocenters. The van der Waals surface area contributed by atoms with Crippen LogP contribution < -0.4 is 20.1 Å². The third kappa shape index (κ3) is 7.19. The normalized spacial score (nSPS) is 14.0. The number of likely N-dealkylation sites (N-methyl/N-ethyl adjacent to an activating group) is 1. The summed E-state index contributed by atoms with van der Waals surface area (Å²) in [5.74, 6) is 2.32. The third-order valence-corrected chi connectivity index (χ3v) is 4.37. The maximum Gasteiger partial charge on any atom is 0.191 e. The average molecular weight is 476 g/mol.